The quantitative estimate of drug-likeness (QED) is 0.787. The number of thiazole rings is 1. The Bertz CT molecular complexity index is 325. The summed E-state index contributed by atoms with van der Waals surface area (Å²) in [5, 5.41) is 4.03. The largest absolute Gasteiger partial charge is 0.461 e. The van der Waals surface area contributed by atoms with E-state index in [9.17, 15) is 4.79 Å². The number of carbonyl (C=O) groups is 1. The first-order valence-corrected chi connectivity index (χ1v) is 5.94. The average molecular weight is 228 g/mol. The first-order chi connectivity index (χ1) is 7.19. The van der Waals surface area contributed by atoms with Gasteiger partial charge in [-0.25, -0.2) is 9.78 Å². The Kier molecular flexibility index (Phi) is 4.55. The molecule has 0 aliphatic carbocycles. The molecule has 15 heavy (non-hydrogen) atoms. The number of hydrogen-bond donors (Lipinski definition) is 1. The predicted octanol–water partition coefficient (Wildman–Crippen LogP) is 2.53. The lowest BCUT2D eigenvalue weighted by atomic mass is 10.2. The molecule has 1 aromatic heterocycles. The molecule has 0 aliphatic rings. The highest BCUT2D eigenvalue weighted by molar-refractivity contribution is 7.14. The third-order valence-electron chi connectivity index (χ3n) is 2.03. The maximum atomic E-state index is 11.5. The van der Waals surface area contributed by atoms with Gasteiger partial charge < -0.3 is 10.1 Å². The van der Waals surface area contributed by atoms with E-state index in [4.69, 9.17) is 4.74 Å². The van der Waals surface area contributed by atoms with Gasteiger partial charge in [-0.15, -0.1) is 11.3 Å². The lowest BCUT2D eigenvalue weighted by molar-refractivity contribution is 0.0521. The summed E-state index contributed by atoms with van der Waals surface area (Å²) in [6.07, 6.45) is 1.00. The van der Waals surface area contributed by atoms with Crippen molar-refractivity contribution in [3.8, 4) is 0 Å². The summed E-state index contributed by atoms with van der Waals surface area (Å²) in [5.41, 5.74) is 2.04. The number of ether oxygens (including phenoxy) is 1. The third-order valence-corrected chi connectivity index (χ3v) is 2.78. The van der Waals surface area contributed by atoms with Crippen LogP contribution < -0.4 is 5.32 Å². The molecular weight excluding hydrogens is 212 g/mol. The van der Waals surface area contributed by atoms with Crippen LogP contribution in [0.1, 0.15) is 37.7 Å². The van der Waals surface area contributed by atoms with Gasteiger partial charge in [0.25, 0.3) is 0 Å². The summed E-state index contributed by atoms with van der Waals surface area (Å²) in [4.78, 5) is 15.5. The number of anilines is 1. The Balaban J connectivity index is 2.73. The topological polar surface area (TPSA) is 51.2 Å². The molecule has 1 N–H and O–H groups in total. The molecule has 0 aromatic carbocycles. The van der Waals surface area contributed by atoms with Crippen LogP contribution in [0.15, 0.2) is 5.51 Å². The molecule has 0 bridgehead atoms. The van der Waals surface area contributed by atoms with Gasteiger partial charge in [0.05, 0.1) is 12.1 Å². The van der Waals surface area contributed by atoms with Crippen molar-refractivity contribution < 1.29 is 9.53 Å². The molecule has 1 atom stereocenters. The molecule has 0 radical (unpaired) electrons. The molecule has 1 aromatic rings. The van der Waals surface area contributed by atoms with Crippen LogP contribution in [0.2, 0.25) is 0 Å². The average Bonchev–Trinajstić information content (AvgIpc) is 2.66. The molecular formula is C10H16N2O2S. The molecule has 1 heterocycles. The molecule has 0 spiro atoms. The molecule has 0 saturated heterocycles. The SMILES string of the molecule is CCOC(=O)c1ncsc1NC(C)CC. The third kappa shape index (κ3) is 3.20. The molecule has 0 aliphatic heterocycles. The number of rotatable bonds is 5. The Morgan fingerprint density at radius 2 is 2.40 bits per heavy atom. The second-order valence-corrected chi connectivity index (χ2v) is 4.06. The zero-order chi connectivity index (χ0) is 11.3. The van der Waals surface area contributed by atoms with Crippen LogP contribution in [-0.4, -0.2) is 23.6 Å². The van der Waals surface area contributed by atoms with Crippen LogP contribution in [0, 0.1) is 0 Å². The predicted molar refractivity (Wildman–Crippen MR) is 61.4 cm³/mol. The standard InChI is InChI=1S/C10H16N2O2S/c1-4-7(3)12-9-8(11-6-15-9)10(13)14-5-2/h6-7,12H,4-5H2,1-3H3. The minimum atomic E-state index is -0.357. The van der Waals surface area contributed by atoms with E-state index in [1.54, 1.807) is 12.4 Å². The number of aromatic nitrogens is 1. The maximum absolute atomic E-state index is 11.5. The van der Waals surface area contributed by atoms with Crippen LogP contribution in [-0.2, 0) is 4.74 Å². The molecule has 5 heteroatoms. The van der Waals surface area contributed by atoms with Crippen molar-refractivity contribution in [3.63, 3.8) is 0 Å². The molecule has 0 amide bonds. The molecule has 1 unspecified atom stereocenters. The van der Waals surface area contributed by atoms with Crippen molar-refractivity contribution in [2.75, 3.05) is 11.9 Å². The number of nitrogens with zero attached hydrogens (tertiary/aromatic N) is 1. The summed E-state index contributed by atoms with van der Waals surface area (Å²) in [5.74, 6) is -0.357. The van der Waals surface area contributed by atoms with Crippen molar-refractivity contribution in [2.24, 2.45) is 0 Å². The van der Waals surface area contributed by atoms with Gasteiger partial charge in [-0.2, -0.15) is 0 Å². The summed E-state index contributed by atoms with van der Waals surface area (Å²) >= 11 is 1.42. The van der Waals surface area contributed by atoms with Gasteiger partial charge in [0.2, 0.25) is 0 Å². The fraction of sp³-hybridized carbons (Fsp3) is 0.600. The second kappa shape index (κ2) is 5.70. The van der Waals surface area contributed by atoms with Crippen LogP contribution in [0.5, 0.6) is 0 Å². The van der Waals surface area contributed by atoms with Crippen LogP contribution >= 0.6 is 11.3 Å². The van der Waals surface area contributed by atoms with Gasteiger partial charge in [-0.1, -0.05) is 6.92 Å². The van der Waals surface area contributed by atoms with Gasteiger partial charge in [-0.05, 0) is 20.3 Å². The molecule has 4 nitrogen and oxygen atoms in total. The number of nitrogens with one attached hydrogen (secondary N) is 1. The van der Waals surface area contributed by atoms with E-state index in [2.05, 4.69) is 24.1 Å². The summed E-state index contributed by atoms with van der Waals surface area (Å²) in [6, 6.07) is 0.332. The Hall–Kier alpha value is -1.10. The molecule has 84 valence electrons. The van der Waals surface area contributed by atoms with E-state index in [1.165, 1.54) is 11.3 Å². The van der Waals surface area contributed by atoms with E-state index in [1.807, 2.05) is 0 Å². The fourth-order valence-corrected chi connectivity index (χ4v) is 1.80. The van der Waals surface area contributed by atoms with Gasteiger partial charge in [0.15, 0.2) is 5.69 Å². The van der Waals surface area contributed by atoms with E-state index in [0.29, 0.717) is 18.3 Å². The van der Waals surface area contributed by atoms with Gasteiger partial charge >= 0.3 is 5.97 Å². The number of esters is 1. The number of hydrogen-bond acceptors (Lipinski definition) is 5. The maximum Gasteiger partial charge on any atom is 0.360 e. The van der Waals surface area contributed by atoms with Gasteiger partial charge in [0.1, 0.15) is 5.00 Å². The zero-order valence-corrected chi connectivity index (χ0v) is 10.1. The second-order valence-electron chi connectivity index (χ2n) is 3.20. The highest BCUT2D eigenvalue weighted by Crippen LogP contribution is 2.22. The van der Waals surface area contributed by atoms with Crippen molar-refractivity contribution in [1.29, 1.82) is 0 Å². The lowest BCUT2D eigenvalue weighted by Gasteiger charge is -2.11. The summed E-state index contributed by atoms with van der Waals surface area (Å²) in [6.45, 7) is 6.31. The van der Waals surface area contributed by atoms with Gasteiger partial charge in [-0.3, -0.25) is 0 Å². The van der Waals surface area contributed by atoms with Crippen LogP contribution in [0.4, 0.5) is 5.00 Å². The minimum Gasteiger partial charge on any atom is -0.461 e. The van der Waals surface area contributed by atoms with Crippen molar-refractivity contribution >= 4 is 22.3 Å². The lowest BCUT2D eigenvalue weighted by Crippen LogP contribution is -2.16. The Morgan fingerprint density at radius 3 is 3.00 bits per heavy atom. The van der Waals surface area contributed by atoms with E-state index < -0.39 is 0 Å². The van der Waals surface area contributed by atoms with E-state index in [0.717, 1.165) is 11.4 Å². The Labute approximate surface area is 93.7 Å². The highest BCUT2D eigenvalue weighted by atomic mass is 32.1. The Morgan fingerprint density at radius 1 is 1.67 bits per heavy atom. The summed E-state index contributed by atoms with van der Waals surface area (Å²) < 4.78 is 4.91. The van der Waals surface area contributed by atoms with Crippen molar-refractivity contribution in [1.82, 2.24) is 4.98 Å². The summed E-state index contributed by atoms with van der Waals surface area (Å²) in [7, 11) is 0. The van der Waals surface area contributed by atoms with Crippen LogP contribution in [0.3, 0.4) is 0 Å². The fourth-order valence-electron chi connectivity index (χ4n) is 1.02. The van der Waals surface area contributed by atoms with Crippen LogP contribution in [0.25, 0.3) is 0 Å². The normalized spacial score (nSPS) is 12.2. The van der Waals surface area contributed by atoms with Gasteiger partial charge in [0, 0.05) is 6.04 Å². The first kappa shape index (κ1) is 12.0. The zero-order valence-electron chi connectivity index (χ0n) is 9.24. The minimum absolute atomic E-state index is 0.332. The first-order valence-electron chi connectivity index (χ1n) is 5.06. The molecule has 0 fully saturated rings. The highest BCUT2D eigenvalue weighted by Gasteiger charge is 2.16. The van der Waals surface area contributed by atoms with E-state index >= 15 is 0 Å². The van der Waals surface area contributed by atoms with Crippen molar-refractivity contribution in [3.05, 3.63) is 11.2 Å². The monoisotopic (exact) mass is 228 g/mol. The molecule has 0 saturated carbocycles. The molecule has 1 rings (SSSR count). The van der Waals surface area contributed by atoms with E-state index in [-0.39, 0.29) is 5.97 Å². The number of carbonyl (C=O) groups excluding carboxylic acids is 1. The smallest absolute Gasteiger partial charge is 0.360 e. The van der Waals surface area contributed by atoms with Crippen molar-refractivity contribution in [2.45, 2.75) is 33.2 Å².